The summed E-state index contributed by atoms with van der Waals surface area (Å²) in [6.45, 7) is 3.54. The topological polar surface area (TPSA) is 126 Å². The van der Waals surface area contributed by atoms with Crippen LogP contribution in [0.2, 0.25) is 0 Å². The van der Waals surface area contributed by atoms with Gasteiger partial charge in [0.2, 0.25) is 11.9 Å². The van der Waals surface area contributed by atoms with Gasteiger partial charge in [-0.15, -0.1) is 0 Å². The molecule has 0 spiro atoms. The number of pyridine rings is 1. The van der Waals surface area contributed by atoms with Crippen molar-refractivity contribution in [1.82, 2.24) is 15.0 Å². The number of hydrogen-bond acceptors (Lipinski definition) is 7. The van der Waals surface area contributed by atoms with Crippen molar-refractivity contribution in [3.63, 3.8) is 0 Å². The molecule has 0 radical (unpaired) electrons. The molecule has 2 heterocycles. The summed E-state index contributed by atoms with van der Waals surface area (Å²) in [6, 6.07) is 16.4. The van der Waals surface area contributed by atoms with Crippen LogP contribution in [0.3, 0.4) is 0 Å². The number of nitrogens with one attached hydrogen (secondary N) is 3. The van der Waals surface area contributed by atoms with Crippen molar-refractivity contribution >= 4 is 46.2 Å². The van der Waals surface area contributed by atoms with Gasteiger partial charge in [0.25, 0.3) is 0 Å². The third-order valence-electron chi connectivity index (χ3n) is 5.79. The number of amides is 1. The maximum Gasteiger partial charge on any atom is 0.491 e. The summed E-state index contributed by atoms with van der Waals surface area (Å²) in [5.41, 5.74) is 5.06. The van der Waals surface area contributed by atoms with Crippen molar-refractivity contribution < 1.29 is 32.3 Å². The third kappa shape index (κ3) is 7.18. The van der Waals surface area contributed by atoms with E-state index in [1.54, 1.807) is 13.0 Å². The highest BCUT2D eigenvalue weighted by atomic mass is 19.4. The molecule has 0 aliphatic carbocycles. The molecule has 9 nitrogen and oxygen atoms in total. The molecule has 2 aromatic carbocycles. The summed E-state index contributed by atoms with van der Waals surface area (Å²) in [5.74, 6) is -4.19. The molecule has 0 aliphatic rings. The molecule has 202 valence electrons. The number of imidazole rings is 1. The van der Waals surface area contributed by atoms with Gasteiger partial charge in [0.05, 0.1) is 35.8 Å². The number of para-hydroxylation sites is 1. The zero-order valence-electron chi connectivity index (χ0n) is 20.9. The number of rotatable bonds is 8. The van der Waals surface area contributed by atoms with Crippen molar-refractivity contribution in [3.05, 3.63) is 77.6 Å². The summed E-state index contributed by atoms with van der Waals surface area (Å²) >= 11 is 0. The Labute approximate surface area is 220 Å². The zero-order chi connectivity index (χ0) is 28.2. The smallest absolute Gasteiger partial charge is 0.386 e. The minimum Gasteiger partial charge on any atom is -0.386 e. The normalized spacial score (nSPS) is 12.1. The second kappa shape index (κ2) is 11.3. The molecule has 39 heavy (non-hydrogen) atoms. The number of carbonyl (C=O) groups excluding carboxylic acids is 3. The lowest BCUT2D eigenvalue weighted by Gasteiger charge is -2.12. The number of nitrogens with zero attached hydrogens (tertiary/aromatic N) is 2. The number of aromatic nitrogens is 3. The van der Waals surface area contributed by atoms with E-state index in [-0.39, 0.29) is 12.3 Å². The molecule has 3 N–H and O–H groups in total. The molecule has 4 aromatic rings. The van der Waals surface area contributed by atoms with Crippen LogP contribution < -0.4 is 10.6 Å². The van der Waals surface area contributed by atoms with E-state index in [1.807, 2.05) is 49.4 Å². The Morgan fingerprint density at radius 1 is 1.08 bits per heavy atom. The van der Waals surface area contributed by atoms with E-state index in [1.165, 1.54) is 12.3 Å². The number of carbonyl (C=O) groups is 3. The number of anilines is 3. The summed E-state index contributed by atoms with van der Waals surface area (Å²) < 4.78 is 40.5. The third-order valence-corrected chi connectivity index (χ3v) is 5.79. The fourth-order valence-corrected chi connectivity index (χ4v) is 3.79. The van der Waals surface area contributed by atoms with Crippen LogP contribution in [0.15, 0.2) is 60.8 Å². The van der Waals surface area contributed by atoms with Crippen molar-refractivity contribution in [2.75, 3.05) is 10.6 Å². The van der Waals surface area contributed by atoms with Crippen molar-refractivity contribution in [2.45, 2.75) is 38.8 Å². The van der Waals surface area contributed by atoms with Gasteiger partial charge in [-0.1, -0.05) is 31.2 Å². The number of H-pyrrole nitrogens is 1. The van der Waals surface area contributed by atoms with Crippen LogP contribution in [-0.4, -0.2) is 39.0 Å². The van der Waals surface area contributed by atoms with Gasteiger partial charge < -0.3 is 20.4 Å². The first kappa shape index (κ1) is 27.3. The predicted molar refractivity (Wildman–Crippen MR) is 137 cm³/mol. The highest BCUT2D eigenvalue weighted by Crippen LogP contribution is 2.23. The average molecular weight is 540 g/mol. The van der Waals surface area contributed by atoms with Crippen molar-refractivity contribution in [1.29, 1.82) is 0 Å². The molecule has 0 aliphatic heterocycles. The van der Waals surface area contributed by atoms with Gasteiger partial charge in [-0.25, -0.2) is 9.78 Å². The van der Waals surface area contributed by atoms with Gasteiger partial charge in [-0.05, 0) is 48.4 Å². The molecule has 2 aromatic heterocycles. The van der Waals surface area contributed by atoms with E-state index in [2.05, 4.69) is 30.3 Å². The molecular formula is C27H24F3N5O4. The quantitative estimate of drug-likeness (QED) is 0.204. The summed E-state index contributed by atoms with van der Waals surface area (Å²) in [5, 5.41) is 5.98. The molecular weight excluding hydrogens is 515 g/mol. The molecule has 1 atom stereocenters. The van der Waals surface area contributed by atoms with Gasteiger partial charge in [0.1, 0.15) is 0 Å². The number of esters is 2. The molecule has 0 fully saturated rings. The number of hydrogen-bond donors (Lipinski definition) is 3. The number of benzene rings is 2. The standard InChI is InChI=1S/C27H24F3N5O4/c1-15-5-3-4-6-20(15)33-26-34-21-9-7-17(12-22(21)35-26)13-23(36)32-18-8-10-19(31-14-18)16(2)11-24(37)39-25(38)27(28,29)30/h3-10,12,14,16H,11,13H2,1-2H3,(H,32,36)(H2,33,34,35). The molecule has 0 bridgehead atoms. The largest absolute Gasteiger partial charge is 0.491 e. The number of aromatic amines is 1. The minimum absolute atomic E-state index is 0.0900. The molecule has 1 unspecified atom stereocenters. The first-order valence-corrected chi connectivity index (χ1v) is 11.9. The first-order chi connectivity index (χ1) is 18.5. The lowest BCUT2D eigenvalue weighted by molar-refractivity contribution is -0.201. The van der Waals surface area contributed by atoms with E-state index in [4.69, 9.17) is 0 Å². The Kier molecular flexibility index (Phi) is 7.93. The lowest BCUT2D eigenvalue weighted by atomic mass is 10.0. The Balaban J connectivity index is 1.32. The number of alkyl halides is 3. The maximum atomic E-state index is 12.6. The van der Waals surface area contributed by atoms with Gasteiger partial charge in [0.15, 0.2) is 0 Å². The number of fused-ring (bicyclic) bond motifs is 1. The fraction of sp³-hybridized carbons (Fsp3) is 0.222. The van der Waals surface area contributed by atoms with E-state index in [0.717, 1.165) is 27.8 Å². The highest BCUT2D eigenvalue weighted by Gasteiger charge is 2.42. The van der Waals surface area contributed by atoms with Crippen LogP contribution in [-0.2, 0) is 25.5 Å². The summed E-state index contributed by atoms with van der Waals surface area (Å²) in [4.78, 5) is 46.9. The molecule has 0 saturated heterocycles. The Morgan fingerprint density at radius 3 is 2.54 bits per heavy atom. The highest BCUT2D eigenvalue weighted by molar-refractivity contribution is 5.93. The maximum absolute atomic E-state index is 12.6. The van der Waals surface area contributed by atoms with Crippen LogP contribution in [0.25, 0.3) is 11.0 Å². The molecule has 0 saturated carbocycles. The Bertz CT molecular complexity index is 1520. The summed E-state index contributed by atoms with van der Waals surface area (Å²) in [6.07, 6.45) is -4.26. The van der Waals surface area contributed by atoms with Gasteiger partial charge in [-0.2, -0.15) is 13.2 Å². The first-order valence-electron chi connectivity index (χ1n) is 11.9. The zero-order valence-corrected chi connectivity index (χ0v) is 20.9. The SMILES string of the molecule is Cc1ccccc1Nc1nc2ccc(CC(=O)Nc3ccc(C(C)CC(=O)OC(=O)C(F)(F)F)nc3)cc2[nH]1. The second-order valence-corrected chi connectivity index (χ2v) is 8.94. The number of ether oxygens (including phenoxy) is 1. The Hall–Kier alpha value is -4.74. The average Bonchev–Trinajstić information content (AvgIpc) is 3.26. The van der Waals surface area contributed by atoms with E-state index in [0.29, 0.717) is 17.3 Å². The van der Waals surface area contributed by atoms with Crippen LogP contribution in [0.5, 0.6) is 0 Å². The summed E-state index contributed by atoms with van der Waals surface area (Å²) in [7, 11) is 0. The van der Waals surface area contributed by atoms with Gasteiger partial charge >= 0.3 is 18.1 Å². The predicted octanol–water partition coefficient (Wildman–Crippen LogP) is 5.32. The number of aryl methyl sites for hydroxylation is 1. The minimum atomic E-state index is -5.25. The molecule has 4 rings (SSSR count). The second-order valence-electron chi connectivity index (χ2n) is 8.94. The molecule has 1 amide bonds. The van der Waals surface area contributed by atoms with E-state index < -0.39 is 30.5 Å². The van der Waals surface area contributed by atoms with Gasteiger partial charge in [0, 0.05) is 17.3 Å². The van der Waals surface area contributed by atoms with Crippen molar-refractivity contribution in [3.8, 4) is 0 Å². The van der Waals surface area contributed by atoms with Crippen LogP contribution >= 0.6 is 0 Å². The van der Waals surface area contributed by atoms with Crippen LogP contribution in [0.4, 0.5) is 30.5 Å². The Morgan fingerprint density at radius 2 is 1.85 bits per heavy atom. The van der Waals surface area contributed by atoms with Crippen LogP contribution in [0.1, 0.15) is 36.1 Å². The van der Waals surface area contributed by atoms with E-state index in [9.17, 15) is 27.6 Å². The monoisotopic (exact) mass is 539 g/mol. The lowest BCUT2D eigenvalue weighted by Crippen LogP contribution is -2.28. The number of halogens is 3. The van der Waals surface area contributed by atoms with Crippen molar-refractivity contribution in [2.24, 2.45) is 0 Å². The van der Waals surface area contributed by atoms with Gasteiger partial charge in [-0.3, -0.25) is 14.6 Å². The van der Waals surface area contributed by atoms with E-state index >= 15 is 0 Å². The van der Waals surface area contributed by atoms with Crippen LogP contribution in [0, 0.1) is 6.92 Å². The molecule has 12 heteroatoms. The fourth-order valence-electron chi connectivity index (χ4n) is 3.79.